The number of rotatable bonds is 0. The molecule has 0 saturated heterocycles. The first kappa shape index (κ1) is 30.1. The molecule has 0 aliphatic rings. The van der Waals surface area contributed by atoms with Crippen LogP contribution in [0.15, 0.2) is 0 Å². The third kappa shape index (κ3) is 286. The molecule has 0 bridgehead atoms. The van der Waals surface area contributed by atoms with Gasteiger partial charge in [0.1, 0.15) is 0 Å². The second kappa shape index (κ2) is 160. The minimum absolute atomic E-state index is 0. The summed E-state index contributed by atoms with van der Waals surface area (Å²) in [4.78, 5) is 33.4. The van der Waals surface area contributed by atoms with Crippen LogP contribution in [-0.2, 0) is 36.2 Å². The molecule has 0 aromatic carbocycles. The topological polar surface area (TPSA) is 149 Å². The van der Waals surface area contributed by atoms with Crippen molar-refractivity contribution in [2.75, 3.05) is 0 Å². The maximum Gasteiger partial charge on any atom is 0.290 e. The molecule has 1 radical (unpaired) electrons. The first-order chi connectivity index (χ1) is 5.66. The van der Waals surface area contributed by atoms with E-state index in [9.17, 15) is 0 Å². The Morgan fingerprint density at radius 1 is 0.538 bits per heavy atom. The largest absolute Gasteiger partial charge is 0.483 e. The molecule has 0 fully saturated rings. The fraction of sp³-hybridized carbons (Fsp3) is 0. The molecular weight excluding hydrogens is 240 g/mol. The summed E-state index contributed by atoms with van der Waals surface area (Å²) in [5, 5.41) is 27.6. The predicted molar refractivity (Wildman–Crippen MR) is 34.8 cm³/mol. The van der Waals surface area contributed by atoms with Crippen molar-refractivity contribution in [2.24, 2.45) is 0 Å². The van der Waals surface area contributed by atoms with Crippen LogP contribution in [0.4, 0.5) is 0 Å². The average Bonchev–Trinajstić information content (AvgIpc) is 1.92. The van der Waals surface area contributed by atoms with E-state index in [1.807, 2.05) is 0 Å². The Balaban J connectivity index is -0.0000000213. The van der Waals surface area contributed by atoms with Gasteiger partial charge in [-0.25, -0.2) is 0 Å². The van der Waals surface area contributed by atoms with Crippen molar-refractivity contribution in [3.63, 3.8) is 0 Å². The van der Waals surface area contributed by atoms with Gasteiger partial charge >= 0.3 is 0 Å². The van der Waals surface area contributed by atoms with E-state index in [1.165, 1.54) is 0 Å². The molecule has 0 saturated carbocycles. The molecule has 13 heavy (non-hydrogen) atoms. The summed E-state index contributed by atoms with van der Waals surface area (Å²) in [7, 11) is 0. The van der Waals surface area contributed by atoms with Crippen LogP contribution >= 0.6 is 0 Å². The third-order valence-corrected chi connectivity index (χ3v) is 0. The monoisotopic (exact) mass is 247 g/mol. The summed E-state index contributed by atoms with van der Waals surface area (Å²) in [5.41, 5.74) is 0. The number of carboxylic acid groups (broad SMARTS) is 4. The van der Waals surface area contributed by atoms with Gasteiger partial charge in [-0.3, -0.25) is 19.2 Å². The minimum Gasteiger partial charge on any atom is -0.483 e. The van der Waals surface area contributed by atoms with Crippen molar-refractivity contribution < 1.29 is 56.7 Å². The summed E-state index contributed by atoms with van der Waals surface area (Å²) < 4.78 is 0. The molecule has 0 rings (SSSR count). The Hall–Kier alpha value is -1.60. The molecule has 0 spiro atoms. The summed E-state index contributed by atoms with van der Waals surface area (Å²) in [6, 6.07) is 0. The van der Waals surface area contributed by atoms with Crippen molar-refractivity contribution in [2.45, 2.75) is 0 Å². The SMILES string of the molecule is O=CO.O=CO.O=CO.O=CO.[Cu]. The van der Waals surface area contributed by atoms with Crippen LogP contribution in [0.2, 0.25) is 0 Å². The standard InChI is InChI=1S/4CH2O2.Cu/c4*2-1-3;/h4*1H,(H,2,3);. The van der Waals surface area contributed by atoms with Crippen LogP contribution in [0.25, 0.3) is 0 Å². The van der Waals surface area contributed by atoms with Crippen molar-refractivity contribution in [1.29, 1.82) is 0 Å². The van der Waals surface area contributed by atoms with Gasteiger partial charge in [-0.2, -0.15) is 0 Å². The predicted octanol–water partition coefficient (Wildman–Crippen LogP) is -1.20. The third-order valence-electron chi connectivity index (χ3n) is 0. The van der Waals surface area contributed by atoms with E-state index in [4.69, 9.17) is 39.6 Å². The van der Waals surface area contributed by atoms with Gasteiger partial charge in [-0.1, -0.05) is 0 Å². The smallest absolute Gasteiger partial charge is 0.290 e. The Morgan fingerprint density at radius 3 is 0.538 bits per heavy atom. The van der Waals surface area contributed by atoms with E-state index in [1.54, 1.807) is 0 Å². The van der Waals surface area contributed by atoms with Crippen molar-refractivity contribution in [3.8, 4) is 0 Å². The fourth-order valence-electron chi connectivity index (χ4n) is 0. The molecule has 0 aliphatic carbocycles. The summed E-state index contributed by atoms with van der Waals surface area (Å²) in [6.07, 6.45) is 0. The Labute approximate surface area is 83.3 Å². The Kier molecular flexibility index (Phi) is 370. The van der Waals surface area contributed by atoms with Gasteiger partial charge in [0.25, 0.3) is 25.9 Å². The number of hydrogen-bond donors (Lipinski definition) is 4. The van der Waals surface area contributed by atoms with Crippen molar-refractivity contribution in [3.05, 3.63) is 0 Å². The van der Waals surface area contributed by atoms with Crippen LogP contribution in [0, 0.1) is 0 Å². The van der Waals surface area contributed by atoms with Gasteiger partial charge in [0.2, 0.25) is 0 Å². The zero-order chi connectivity index (χ0) is 10.8. The van der Waals surface area contributed by atoms with Gasteiger partial charge in [0.05, 0.1) is 0 Å². The maximum atomic E-state index is 8.36. The normalized spacial score (nSPS) is 3.69. The van der Waals surface area contributed by atoms with Gasteiger partial charge in [0, 0.05) is 17.1 Å². The van der Waals surface area contributed by atoms with Crippen LogP contribution in [-0.4, -0.2) is 46.3 Å². The van der Waals surface area contributed by atoms with Crippen molar-refractivity contribution in [1.82, 2.24) is 0 Å². The van der Waals surface area contributed by atoms with Gasteiger partial charge in [-0.05, 0) is 0 Å². The quantitative estimate of drug-likeness (QED) is 0.308. The maximum absolute atomic E-state index is 8.36. The Morgan fingerprint density at radius 2 is 0.538 bits per heavy atom. The van der Waals surface area contributed by atoms with E-state index >= 15 is 0 Å². The van der Waals surface area contributed by atoms with Crippen molar-refractivity contribution >= 4 is 25.9 Å². The molecule has 83 valence electrons. The van der Waals surface area contributed by atoms with Crippen LogP contribution < -0.4 is 0 Å². The molecule has 0 atom stereocenters. The molecular formula is C4H8CuO8. The molecule has 8 nitrogen and oxygen atoms in total. The van der Waals surface area contributed by atoms with Gasteiger partial charge < -0.3 is 20.4 Å². The van der Waals surface area contributed by atoms with Crippen LogP contribution in [0.5, 0.6) is 0 Å². The fourth-order valence-corrected chi connectivity index (χ4v) is 0. The van der Waals surface area contributed by atoms with Crippen LogP contribution in [0.3, 0.4) is 0 Å². The molecule has 0 aromatic rings. The summed E-state index contributed by atoms with van der Waals surface area (Å²) >= 11 is 0. The van der Waals surface area contributed by atoms with E-state index in [-0.39, 0.29) is 43.0 Å². The minimum atomic E-state index is -0.250. The zero-order valence-corrected chi connectivity index (χ0v) is 6.97. The van der Waals surface area contributed by atoms with E-state index in [2.05, 4.69) is 0 Å². The van der Waals surface area contributed by atoms with E-state index in [0.29, 0.717) is 0 Å². The molecule has 0 aromatic heterocycles. The number of carbonyl (C=O) groups is 4. The van der Waals surface area contributed by atoms with Crippen LogP contribution in [0.1, 0.15) is 0 Å². The average molecular weight is 248 g/mol. The zero-order valence-electron chi connectivity index (χ0n) is 6.03. The molecule has 0 heterocycles. The van der Waals surface area contributed by atoms with Gasteiger partial charge in [-0.15, -0.1) is 0 Å². The first-order valence-corrected chi connectivity index (χ1v) is 1.98. The Bertz CT molecular complexity index is 70.1. The first-order valence-electron chi connectivity index (χ1n) is 1.98. The second-order valence-corrected chi connectivity index (χ2v) is 0.422. The second-order valence-electron chi connectivity index (χ2n) is 0.422. The molecule has 4 N–H and O–H groups in total. The molecule has 0 amide bonds. The summed E-state index contributed by atoms with van der Waals surface area (Å²) in [5.74, 6) is 0. The molecule has 0 aliphatic heterocycles. The summed E-state index contributed by atoms with van der Waals surface area (Å²) in [6.45, 7) is -1.00. The molecule has 9 heteroatoms. The van der Waals surface area contributed by atoms with E-state index in [0.717, 1.165) is 0 Å². The van der Waals surface area contributed by atoms with E-state index < -0.39 is 0 Å². The number of hydrogen-bond acceptors (Lipinski definition) is 4. The van der Waals surface area contributed by atoms with Gasteiger partial charge in [0.15, 0.2) is 0 Å². The molecule has 0 unspecified atom stereocenters.